The molecule has 0 aliphatic carbocycles. The minimum atomic E-state index is -2.06. The van der Waals surface area contributed by atoms with Gasteiger partial charge >= 0.3 is 5.97 Å². The van der Waals surface area contributed by atoms with Crippen molar-refractivity contribution in [3.05, 3.63) is 65.7 Å². The minimum Gasteiger partial charge on any atom is -0.497 e. The van der Waals surface area contributed by atoms with Gasteiger partial charge in [-0.1, -0.05) is 70.9 Å². The van der Waals surface area contributed by atoms with Crippen molar-refractivity contribution in [2.24, 2.45) is 11.8 Å². The predicted octanol–water partition coefficient (Wildman–Crippen LogP) is 9.38. The third-order valence-corrected chi connectivity index (χ3v) is 18.8. The van der Waals surface area contributed by atoms with Gasteiger partial charge in [0.25, 0.3) is 0 Å². The molecule has 0 bridgehead atoms. The smallest absolute Gasteiger partial charge is 0.338 e. The van der Waals surface area contributed by atoms with Gasteiger partial charge in [0.15, 0.2) is 8.32 Å². The van der Waals surface area contributed by atoms with E-state index in [1.165, 1.54) is 0 Å². The number of rotatable bonds is 18. The van der Waals surface area contributed by atoms with Crippen LogP contribution < -0.4 is 4.74 Å². The second-order valence-electron chi connectivity index (χ2n) is 16.1. The summed E-state index contributed by atoms with van der Waals surface area (Å²) in [6, 6.07) is 16.9. The standard InChI is InChI=1S/C42H62O7S2Si/c1-10-37(49-52(8,9)41(4,5)6)38-22-21-35(47-38)27-42(50-23-14-24-51-42)26-30(2)39(48-40(44)33-15-12-11-13-16-33)25-36(43)31(3)28-46-29-32-17-19-34(45-7)20-18-32/h1,11-13,15-20,30-31,35-39,43H,14,21-29H2,2-9H3/t30-,31+,35+,36-,37+,38+,39-/m0/s1. The molecule has 288 valence electrons. The molecule has 7 nitrogen and oxygen atoms in total. The van der Waals surface area contributed by atoms with Gasteiger partial charge in [-0.05, 0) is 97.5 Å². The van der Waals surface area contributed by atoms with E-state index in [1.807, 2.05) is 72.9 Å². The summed E-state index contributed by atoms with van der Waals surface area (Å²) in [5.41, 5.74) is 1.55. The van der Waals surface area contributed by atoms with Crippen molar-refractivity contribution < 1.29 is 33.3 Å². The van der Waals surface area contributed by atoms with Gasteiger partial charge in [-0.15, -0.1) is 29.9 Å². The zero-order chi connectivity index (χ0) is 37.9. The fourth-order valence-electron chi connectivity index (χ4n) is 6.56. The quantitative estimate of drug-likeness (QED) is 0.0906. The Morgan fingerprint density at radius 3 is 2.35 bits per heavy atom. The van der Waals surface area contributed by atoms with Gasteiger partial charge in [0.05, 0.1) is 48.3 Å². The second kappa shape index (κ2) is 19.6. The number of hydrogen-bond acceptors (Lipinski definition) is 9. The molecule has 0 aromatic heterocycles. The molecule has 2 saturated heterocycles. The van der Waals surface area contributed by atoms with Crippen molar-refractivity contribution in [2.45, 2.75) is 132 Å². The number of esters is 1. The van der Waals surface area contributed by atoms with Crippen molar-refractivity contribution in [3.63, 3.8) is 0 Å². The van der Waals surface area contributed by atoms with Gasteiger partial charge in [-0.25, -0.2) is 4.79 Å². The molecule has 2 heterocycles. The summed E-state index contributed by atoms with van der Waals surface area (Å²) < 4.78 is 30.8. The summed E-state index contributed by atoms with van der Waals surface area (Å²) >= 11 is 4.02. The number of ether oxygens (including phenoxy) is 4. The molecule has 7 atom stereocenters. The molecule has 4 rings (SSSR count). The normalized spacial score (nSPS) is 22.1. The number of hydrogen-bond donors (Lipinski definition) is 1. The highest BCUT2D eigenvalue weighted by Crippen LogP contribution is 2.52. The molecule has 0 radical (unpaired) electrons. The van der Waals surface area contributed by atoms with E-state index in [1.54, 1.807) is 19.2 Å². The average molecular weight is 771 g/mol. The lowest BCUT2D eigenvalue weighted by Crippen LogP contribution is -2.46. The molecule has 2 fully saturated rings. The van der Waals surface area contributed by atoms with E-state index < -0.39 is 20.5 Å². The number of carbonyl (C=O) groups excluding carboxylic acids is 1. The average Bonchev–Trinajstić information content (AvgIpc) is 3.58. The summed E-state index contributed by atoms with van der Waals surface area (Å²) in [6.07, 6.45) is 9.51. The fraction of sp³-hybridized carbons (Fsp3) is 0.643. The third-order valence-electron chi connectivity index (χ3n) is 10.9. The van der Waals surface area contributed by atoms with E-state index in [-0.39, 0.29) is 45.2 Å². The lowest BCUT2D eigenvalue weighted by Gasteiger charge is -2.41. The second-order valence-corrected chi connectivity index (χ2v) is 24.1. The maximum absolute atomic E-state index is 13.4. The number of aliphatic hydroxyl groups is 1. The van der Waals surface area contributed by atoms with Crippen LogP contribution in [0.5, 0.6) is 5.75 Å². The number of carbonyl (C=O) groups is 1. The molecule has 52 heavy (non-hydrogen) atoms. The van der Waals surface area contributed by atoms with Crippen LogP contribution in [0, 0.1) is 24.2 Å². The van der Waals surface area contributed by atoms with Gasteiger partial charge in [-0.3, -0.25) is 0 Å². The molecule has 0 amide bonds. The summed E-state index contributed by atoms with van der Waals surface area (Å²) in [6.45, 7) is 16.1. The summed E-state index contributed by atoms with van der Waals surface area (Å²) in [5.74, 6) is 5.36. The molecular formula is C42H62O7S2Si. The van der Waals surface area contributed by atoms with Gasteiger partial charge < -0.3 is 28.5 Å². The Morgan fingerprint density at radius 1 is 1.06 bits per heavy atom. The molecule has 10 heteroatoms. The van der Waals surface area contributed by atoms with E-state index in [0.717, 1.165) is 54.9 Å². The number of benzene rings is 2. The Kier molecular flexibility index (Phi) is 16.1. The lowest BCUT2D eigenvalue weighted by molar-refractivity contribution is -0.0290. The number of terminal acetylenes is 1. The van der Waals surface area contributed by atoms with Crippen LogP contribution in [0.2, 0.25) is 18.1 Å². The van der Waals surface area contributed by atoms with Gasteiger partial charge in [0.2, 0.25) is 0 Å². The van der Waals surface area contributed by atoms with Gasteiger partial charge in [0.1, 0.15) is 18.0 Å². The summed E-state index contributed by atoms with van der Waals surface area (Å²) in [5, 5.41) is 11.5. The highest BCUT2D eigenvalue weighted by molar-refractivity contribution is 8.18. The molecular weight excluding hydrogens is 709 g/mol. The Bertz CT molecular complexity index is 1420. The Morgan fingerprint density at radius 2 is 1.73 bits per heavy atom. The first kappa shape index (κ1) is 42.8. The van der Waals surface area contributed by atoms with Crippen LogP contribution >= 0.6 is 23.5 Å². The topological polar surface area (TPSA) is 83.5 Å². The summed E-state index contributed by atoms with van der Waals surface area (Å²) in [7, 11) is -0.414. The first-order chi connectivity index (χ1) is 24.6. The van der Waals surface area contributed by atoms with Crippen LogP contribution in [0.3, 0.4) is 0 Å². The molecule has 0 spiro atoms. The van der Waals surface area contributed by atoms with Crippen LogP contribution in [0.25, 0.3) is 0 Å². The lowest BCUT2D eigenvalue weighted by atomic mass is 9.89. The number of thioether (sulfide) groups is 2. The zero-order valence-corrected chi connectivity index (χ0v) is 35.2. The molecule has 0 saturated carbocycles. The van der Waals surface area contributed by atoms with Crippen molar-refractivity contribution in [2.75, 3.05) is 25.2 Å². The highest BCUT2D eigenvalue weighted by atomic mass is 32.2. The monoisotopic (exact) mass is 770 g/mol. The molecule has 2 aromatic rings. The highest BCUT2D eigenvalue weighted by Gasteiger charge is 2.45. The summed E-state index contributed by atoms with van der Waals surface area (Å²) in [4.78, 5) is 13.4. The first-order valence-electron chi connectivity index (χ1n) is 18.9. The molecule has 2 aliphatic rings. The van der Waals surface area contributed by atoms with Crippen molar-refractivity contribution in [3.8, 4) is 18.1 Å². The largest absolute Gasteiger partial charge is 0.497 e. The SMILES string of the molecule is C#C[C@@H](O[Si](C)(C)C(C)(C)C)[C@H]1CC[C@H](CC2(C[C@H](C)[C@H](C[C@H](O)[C@H](C)COCc3ccc(OC)cc3)OC(=O)c3ccccc3)SCCCS2)O1. The molecule has 2 aliphatic heterocycles. The minimum absolute atomic E-state index is 0.00888. The first-order valence-corrected chi connectivity index (χ1v) is 23.8. The van der Waals surface area contributed by atoms with Crippen molar-refractivity contribution in [1.29, 1.82) is 0 Å². The van der Waals surface area contributed by atoms with Gasteiger partial charge in [-0.2, -0.15) is 0 Å². The van der Waals surface area contributed by atoms with Crippen molar-refractivity contribution >= 4 is 37.8 Å². The zero-order valence-electron chi connectivity index (χ0n) is 32.6. The maximum Gasteiger partial charge on any atom is 0.338 e. The van der Waals surface area contributed by atoms with Gasteiger partial charge in [0, 0.05) is 12.3 Å². The molecule has 2 aromatic carbocycles. The Hall–Kier alpha value is -1.97. The van der Waals surface area contributed by atoms with Crippen LogP contribution in [0.4, 0.5) is 0 Å². The van der Waals surface area contributed by atoms with E-state index in [0.29, 0.717) is 25.2 Å². The van der Waals surface area contributed by atoms with Crippen LogP contribution in [0.15, 0.2) is 54.6 Å². The number of aliphatic hydroxyl groups excluding tert-OH is 1. The van der Waals surface area contributed by atoms with E-state index >= 15 is 0 Å². The Labute approximate surface area is 323 Å². The third kappa shape index (κ3) is 12.3. The van der Waals surface area contributed by atoms with Crippen LogP contribution in [0.1, 0.15) is 89.1 Å². The molecule has 1 N–H and O–H groups in total. The fourth-order valence-corrected chi connectivity index (χ4v) is 11.5. The predicted molar refractivity (Wildman–Crippen MR) is 218 cm³/mol. The van der Waals surface area contributed by atoms with Crippen LogP contribution in [-0.2, 0) is 25.2 Å². The van der Waals surface area contributed by atoms with E-state index in [9.17, 15) is 9.90 Å². The maximum atomic E-state index is 13.4. The van der Waals surface area contributed by atoms with Crippen molar-refractivity contribution in [1.82, 2.24) is 0 Å². The van der Waals surface area contributed by atoms with E-state index in [4.69, 9.17) is 29.8 Å². The molecule has 0 unspecified atom stereocenters. The van der Waals surface area contributed by atoms with E-state index in [2.05, 4.69) is 46.7 Å². The Balaban J connectivity index is 1.43. The number of methoxy groups -OCH3 is 1. The van der Waals surface area contributed by atoms with Crippen LogP contribution in [-0.4, -0.2) is 79.2 Å².